The number of carbonyl (C=O) groups is 2. The van der Waals surface area contributed by atoms with Crippen LogP contribution in [-0.4, -0.2) is 18.2 Å². The van der Waals surface area contributed by atoms with Crippen LogP contribution in [0.25, 0.3) is 0 Å². The summed E-state index contributed by atoms with van der Waals surface area (Å²) in [5.74, 6) is 0.572. The van der Waals surface area contributed by atoms with E-state index in [2.05, 4.69) is 15.9 Å². The van der Waals surface area contributed by atoms with Crippen molar-refractivity contribution < 1.29 is 14.3 Å². The zero-order valence-corrected chi connectivity index (χ0v) is 13.2. The fourth-order valence-electron chi connectivity index (χ4n) is 1.84. The van der Waals surface area contributed by atoms with Crippen molar-refractivity contribution in [2.75, 3.05) is 6.61 Å². The summed E-state index contributed by atoms with van der Waals surface area (Å²) in [5, 5.41) is 0. The molecule has 0 fully saturated rings. The van der Waals surface area contributed by atoms with Crippen molar-refractivity contribution in [2.45, 2.75) is 13.3 Å². The van der Waals surface area contributed by atoms with Gasteiger partial charge >= 0.3 is 0 Å². The molecule has 0 aliphatic carbocycles. The predicted octanol–water partition coefficient (Wildman–Crippen LogP) is 4.30. The number of carbonyl (C=O) groups excluding carboxylic acids is 2. The molecule has 0 aliphatic heterocycles. The van der Waals surface area contributed by atoms with Crippen molar-refractivity contribution in [1.29, 1.82) is 0 Å². The predicted molar refractivity (Wildman–Crippen MR) is 85.0 cm³/mol. The Labute approximate surface area is 132 Å². The molecule has 3 nitrogen and oxygen atoms in total. The molecule has 2 rings (SSSR count). The van der Waals surface area contributed by atoms with Gasteiger partial charge in [0.05, 0.1) is 0 Å². The molecule has 0 spiro atoms. The van der Waals surface area contributed by atoms with E-state index in [0.29, 0.717) is 23.3 Å². The van der Waals surface area contributed by atoms with Gasteiger partial charge in [0.15, 0.2) is 18.2 Å². The zero-order chi connectivity index (χ0) is 15.2. The van der Waals surface area contributed by atoms with Crippen LogP contribution in [0.3, 0.4) is 0 Å². The van der Waals surface area contributed by atoms with E-state index in [-0.39, 0.29) is 18.2 Å². The molecule has 0 aliphatic rings. The van der Waals surface area contributed by atoms with Crippen molar-refractivity contribution in [3.8, 4) is 5.75 Å². The Kier molecular flexibility index (Phi) is 5.28. The smallest absolute Gasteiger partial charge is 0.200 e. The third-order valence-electron chi connectivity index (χ3n) is 3.01. The minimum absolute atomic E-state index is 0.0302. The van der Waals surface area contributed by atoms with Gasteiger partial charge in [-0.25, -0.2) is 0 Å². The van der Waals surface area contributed by atoms with E-state index in [4.69, 9.17) is 4.74 Å². The summed E-state index contributed by atoms with van der Waals surface area (Å²) in [6.07, 6.45) is 0.474. The van der Waals surface area contributed by atoms with Crippen molar-refractivity contribution >= 4 is 27.5 Å². The van der Waals surface area contributed by atoms with Crippen LogP contribution >= 0.6 is 15.9 Å². The molecule has 2 aromatic carbocycles. The van der Waals surface area contributed by atoms with Crippen LogP contribution in [0.4, 0.5) is 0 Å². The summed E-state index contributed by atoms with van der Waals surface area (Å²) in [6.45, 7) is 1.79. The zero-order valence-electron chi connectivity index (χ0n) is 11.6. The Morgan fingerprint density at radius 3 is 2.33 bits per heavy atom. The number of rotatable bonds is 6. The van der Waals surface area contributed by atoms with E-state index in [0.717, 1.165) is 4.47 Å². The average molecular weight is 347 g/mol. The topological polar surface area (TPSA) is 43.4 Å². The molecule has 0 unspecified atom stereocenters. The lowest BCUT2D eigenvalue weighted by atomic mass is 10.1. The number of hydrogen-bond acceptors (Lipinski definition) is 3. The lowest BCUT2D eigenvalue weighted by Crippen LogP contribution is -2.11. The monoisotopic (exact) mass is 346 g/mol. The van der Waals surface area contributed by atoms with Crippen LogP contribution in [0.5, 0.6) is 5.75 Å². The van der Waals surface area contributed by atoms with E-state index in [1.54, 1.807) is 36.4 Å². The standard InChI is InChI=1S/C17H15BrO3/c1-2-16(19)12-6-8-15(9-7-12)21-11-17(20)13-4-3-5-14(18)10-13/h3-10H,2,11H2,1H3. The summed E-state index contributed by atoms with van der Waals surface area (Å²) < 4.78 is 6.31. The first-order valence-electron chi connectivity index (χ1n) is 6.65. The molecule has 0 aromatic heterocycles. The van der Waals surface area contributed by atoms with Crippen molar-refractivity contribution in [1.82, 2.24) is 0 Å². The molecule has 21 heavy (non-hydrogen) atoms. The van der Waals surface area contributed by atoms with E-state index < -0.39 is 0 Å². The van der Waals surface area contributed by atoms with Crippen LogP contribution in [0.15, 0.2) is 53.0 Å². The Morgan fingerprint density at radius 2 is 1.71 bits per heavy atom. The lowest BCUT2D eigenvalue weighted by Gasteiger charge is -2.06. The second-order valence-electron chi connectivity index (χ2n) is 4.52. The van der Waals surface area contributed by atoms with Gasteiger partial charge in [-0.1, -0.05) is 35.0 Å². The number of hydrogen-bond donors (Lipinski definition) is 0. The highest BCUT2D eigenvalue weighted by molar-refractivity contribution is 9.10. The molecule has 4 heteroatoms. The van der Waals surface area contributed by atoms with Gasteiger partial charge in [-0.3, -0.25) is 9.59 Å². The molecule has 108 valence electrons. The highest BCUT2D eigenvalue weighted by Crippen LogP contribution is 2.15. The third kappa shape index (κ3) is 4.26. The molecule has 0 heterocycles. The summed E-state index contributed by atoms with van der Waals surface area (Å²) in [7, 11) is 0. The van der Waals surface area contributed by atoms with E-state index in [1.165, 1.54) is 0 Å². The lowest BCUT2D eigenvalue weighted by molar-refractivity contribution is 0.0920. The highest BCUT2D eigenvalue weighted by atomic mass is 79.9. The highest BCUT2D eigenvalue weighted by Gasteiger charge is 2.08. The molecular formula is C17H15BrO3. The second kappa shape index (κ2) is 7.18. The molecule has 0 radical (unpaired) electrons. The van der Waals surface area contributed by atoms with Gasteiger partial charge < -0.3 is 4.74 Å². The maximum absolute atomic E-state index is 12.0. The summed E-state index contributed by atoms with van der Waals surface area (Å²) in [6, 6.07) is 14.0. The van der Waals surface area contributed by atoms with Crippen LogP contribution in [-0.2, 0) is 0 Å². The van der Waals surface area contributed by atoms with E-state index >= 15 is 0 Å². The normalized spacial score (nSPS) is 10.2. The van der Waals surface area contributed by atoms with Crippen molar-refractivity contribution in [3.05, 3.63) is 64.1 Å². The molecule has 0 atom stereocenters. The van der Waals surface area contributed by atoms with Crippen LogP contribution < -0.4 is 4.74 Å². The van der Waals surface area contributed by atoms with Gasteiger partial charge in [-0.15, -0.1) is 0 Å². The largest absolute Gasteiger partial charge is 0.485 e. The van der Waals surface area contributed by atoms with Gasteiger partial charge in [0.1, 0.15) is 5.75 Å². The van der Waals surface area contributed by atoms with Crippen LogP contribution in [0.2, 0.25) is 0 Å². The SMILES string of the molecule is CCC(=O)c1ccc(OCC(=O)c2cccc(Br)c2)cc1. The fraction of sp³-hybridized carbons (Fsp3) is 0.176. The molecule has 0 saturated carbocycles. The van der Waals surface area contributed by atoms with Gasteiger partial charge in [0, 0.05) is 22.0 Å². The first kappa shape index (κ1) is 15.4. The number of Topliss-reactive ketones (excluding diaryl/α,β-unsaturated/α-hetero) is 2. The number of halogens is 1. The Hall–Kier alpha value is -1.94. The molecule has 0 N–H and O–H groups in total. The van der Waals surface area contributed by atoms with E-state index in [9.17, 15) is 9.59 Å². The summed E-state index contributed by atoms with van der Waals surface area (Å²) in [5.41, 5.74) is 1.25. The molecular weight excluding hydrogens is 332 g/mol. The second-order valence-corrected chi connectivity index (χ2v) is 5.44. The fourth-order valence-corrected chi connectivity index (χ4v) is 2.23. The summed E-state index contributed by atoms with van der Waals surface area (Å²) in [4.78, 5) is 23.5. The maximum Gasteiger partial charge on any atom is 0.200 e. The first-order chi connectivity index (χ1) is 10.1. The van der Waals surface area contributed by atoms with Gasteiger partial charge in [-0.2, -0.15) is 0 Å². The summed E-state index contributed by atoms with van der Waals surface area (Å²) >= 11 is 3.33. The Bertz CT molecular complexity index is 647. The van der Waals surface area contributed by atoms with E-state index in [1.807, 2.05) is 19.1 Å². The number of benzene rings is 2. The molecule has 0 bridgehead atoms. The minimum Gasteiger partial charge on any atom is -0.485 e. The number of ether oxygens (including phenoxy) is 1. The van der Waals surface area contributed by atoms with Gasteiger partial charge in [0.25, 0.3) is 0 Å². The van der Waals surface area contributed by atoms with Gasteiger partial charge in [0.2, 0.25) is 0 Å². The molecule has 0 amide bonds. The van der Waals surface area contributed by atoms with Crippen molar-refractivity contribution in [3.63, 3.8) is 0 Å². The Balaban J connectivity index is 1.97. The molecule has 0 saturated heterocycles. The first-order valence-corrected chi connectivity index (χ1v) is 7.44. The van der Waals surface area contributed by atoms with Crippen LogP contribution in [0, 0.1) is 0 Å². The molecule has 2 aromatic rings. The number of ketones is 2. The van der Waals surface area contributed by atoms with Crippen molar-refractivity contribution in [2.24, 2.45) is 0 Å². The maximum atomic E-state index is 12.0. The third-order valence-corrected chi connectivity index (χ3v) is 3.51. The van der Waals surface area contributed by atoms with Crippen LogP contribution in [0.1, 0.15) is 34.1 Å². The average Bonchev–Trinajstić information content (AvgIpc) is 2.52. The minimum atomic E-state index is -0.0926. The quantitative estimate of drug-likeness (QED) is 0.732. The Morgan fingerprint density at radius 1 is 1.00 bits per heavy atom. The van der Waals surface area contributed by atoms with Gasteiger partial charge in [-0.05, 0) is 36.4 Å².